The first-order valence-electron chi connectivity index (χ1n) is 10.5. The molecule has 34 heavy (non-hydrogen) atoms. The highest BCUT2D eigenvalue weighted by Gasteiger charge is 2.33. The summed E-state index contributed by atoms with van der Waals surface area (Å²) in [6.45, 7) is 5.33. The van der Waals surface area contributed by atoms with Crippen molar-refractivity contribution in [3.63, 3.8) is 0 Å². The van der Waals surface area contributed by atoms with Gasteiger partial charge in [-0.3, -0.25) is 9.36 Å². The molecule has 0 saturated carbocycles. The predicted molar refractivity (Wildman–Crippen MR) is 137 cm³/mol. The minimum Gasteiger partial charge on any atom is -0.496 e. The highest BCUT2D eigenvalue weighted by Crippen LogP contribution is 2.31. The Kier molecular flexibility index (Phi) is 7.12. The summed E-state index contributed by atoms with van der Waals surface area (Å²) in [5.41, 5.74) is 2.07. The van der Waals surface area contributed by atoms with Crippen LogP contribution in [0.15, 0.2) is 68.0 Å². The standard InChI is InChI=1S/C25H22BrClN2O4S/c1-13(2)33-24(31)21-14(3)28-25-29(22(21)15-5-8-18(27)9-6-15)23(30)20(34-25)12-16-11-17(26)7-10-19(16)32-4/h5-13,22H,1-4H3. The Morgan fingerprint density at radius 1 is 1.24 bits per heavy atom. The van der Waals surface area contributed by atoms with Crippen LogP contribution in [0.3, 0.4) is 0 Å². The molecule has 1 unspecified atom stereocenters. The molecule has 0 bridgehead atoms. The molecule has 1 aliphatic heterocycles. The lowest BCUT2D eigenvalue weighted by atomic mass is 9.96. The number of carbonyl (C=O) groups excluding carboxylic acids is 1. The maximum atomic E-state index is 13.7. The van der Waals surface area contributed by atoms with Crippen LogP contribution in [0.5, 0.6) is 5.75 Å². The summed E-state index contributed by atoms with van der Waals surface area (Å²) in [4.78, 5) is 31.9. The van der Waals surface area contributed by atoms with E-state index in [4.69, 9.17) is 21.1 Å². The van der Waals surface area contributed by atoms with Crippen molar-refractivity contribution in [3.8, 4) is 5.75 Å². The number of hydrogen-bond acceptors (Lipinski definition) is 6. The molecule has 0 aliphatic carbocycles. The first kappa shape index (κ1) is 24.4. The van der Waals surface area contributed by atoms with Gasteiger partial charge in [-0.05, 0) is 62.7 Å². The second kappa shape index (κ2) is 9.90. The van der Waals surface area contributed by atoms with Gasteiger partial charge in [-0.2, -0.15) is 0 Å². The molecule has 0 fully saturated rings. The number of carbonyl (C=O) groups is 1. The van der Waals surface area contributed by atoms with E-state index in [1.54, 1.807) is 50.7 Å². The number of thiazole rings is 1. The number of methoxy groups -OCH3 is 1. The first-order chi connectivity index (χ1) is 16.2. The molecule has 1 aromatic heterocycles. The number of hydrogen-bond donors (Lipinski definition) is 0. The molecule has 0 amide bonds. The minimum atomic E-state index is -0.689. The van der Waals surface area contributed by atoms with Gasteiger partial charge in [-0.15, -0.1) is 0 Å². The van der Waals surface area contributed by atoms with Gasteiger partial charge in [0.25, 0.3) is 5.56 Å². The van der Waals surface area contributed by atoms with Crippen LogP contribution >= 0.6 is 38.9 Å². The third kappa shape index (κ3) is 4.76. The highest BCUT2D eigenvalue weighted by molar-refractivity contribution is 9.10. The first-order valence-corrected chi connectivity index (χ1v) is 12.5. The third-order valence-electron chi connectivity index (χ3n) is 5.25. The number of esters is 1. The van der Waals surface area contributed by atoms with Gasteiger partial charge in [0.15, 0.2) is 4.80 Å². The van der Waals surface area contributed by atoms with Gasteiger partial charge >= 0.3 is 5.97 Å². The van der Waals surface area contributed by atoms with E-state index in [1.165, 1.54) is 11.3 Å². The minimum absolute atomic E-state index is 0.256. The fourth-order valence-corrected chi connectivity index (χ4v) is 5.32. The second-order valence-corrected chi connectivity index (χ2v) is 10.3. The summed E-state index contributed by atoms with van der Waals surface area (Å²) in [6.07, 6.45) is 1.46. The van der Waals surface area contributed by atoms with Crippen molar-refractivity contribution < 1.29 is 14.3 Å². The summed E-state index contributed by atoms with van der Waals surface area (Å²) >= 11 is 10.8. The normalized spacial score (nSPS) is 15.9. The van der Waals surface area contributed by atoms with Gasteiger partial charge in [-0.25, -0.2) is 9.79 Å². The Hall–Kier alpha value is -2.68. The largest absolute Gasteiger partial charge is 0.496 e. The van der Waals surface area contributed by atoms with Crippen LogP contribution in [0.4, 0.5) is 0 Å². The number of halogens is 2. The molecule has 2 heterocycles. The zero-order chi connectivity index (χ0) is 24.6. The Balaban J connectivity index is 1.96. The maximum absolute atomic E-state index is 13.7. The fourth-order valence-electron chi connectivity index (χ4n) is 3.78. The van der Waals surface area contributed by atoms with Crippen LogP contribution in [0, 0.1) is 0 Å². The quantitative estimate of drug-likeness (QED) is 0.427. The van der Waals surface area contributed by atoms with Gasteiger partial charge in [-0.1, -0.05) is 51.0 Å². The van der Waals surface area contributed by atoms with Crippen LogP contribution in [-0.2, 0) is 9.53 Å². The zero-order valence-corrected chi connectivity index (χ0v) is 22.1. The molecule has 1 atom stereocenters. The number of nitrogens with zero attached hydrogens (tertiary/aromatic N) is 2. The van der Waals surface area contributed by atoms with Gasteiger partial charge < -0.3 is 9.47 Å². The van der Waals surface area contributed by atoms with Crippen molar-refractivity contribution >= 4 is 50.9 Å². The topological polar surface area (TPSA) is 69.9 Å². The molecule has 3 aromatic rings. The fraction of sp³-hybridized carbons (Fsp3) is 0.240. The molecule has 0 spiro atoms. The van der Waals surface area contributed by atoms with E-state index in [9.17, 15) is 9.59 Å². The summed E-state index contributed by atoms with van der Waals surface area (Å²) in [5, 5.41) is 0.560. The van der Waals surface area contributed by atoms with Crippen molar-refractivity contribution in [1.29, 1.82) is 0 Å². The maximum Gasteiger partial charge on any atom is 0.338 e. The lowest BCUT2D eigenvalue weighted by molar-refractivity contribution is -0.143. The van der Waals surface area contributed by atoms with Gasteiger partial charge in [0.1, 0.15) is 5.75 Å². The van der Waals surface area contributed by atoms with E-state index >= 15 is 0 Å². The molecular weight excluding hydrogens is 540 g/mol. The lowest BCUT2D eigenvalue weighted by Gasteiger charge is -2.25. The van der Waals surface area contributed by atoms with Gasteiger partial charge in [0, 0.05) is 15.1 Å². The Labute approximate surface area is 213 Å². The number of ether oxygens (including phenoxy) is 2. The highest BCUT2D eigenvalue weighted by atomic mass is 79.9. The van der Waals surface area contributed by atoms with E-state index < -0.39 is 12.0 Å². The predicted octanol–water partition coefficient (Wildman–Crippen LogP) is 4.61. The Morgan fingerprint density at radius 3 is 2.59 bits per heavy atom. The van der Waals surface area contributed by atoms with Crippen LogP contribution in [0.1, 0.15) is 37.9 Å². The van der Waals surface area contributed by atoms with Crippen molar-refractivity contribution in [2.24, 2.45) is 4.99 Å². The van der Waals surface area contributed by atoms with Crippen molar-refractivity contribution in [2.75, 3.05) is 7.11 Å². The number of aromatic nitrogens is 1. The summed E-state index contributed by atoms with van der Waals surface area (Å²) in [7, 11) is 1.58. The van der Waals surface area contributed by atoms with Crippen molar-refractivity contribution in [1.82, 2.24) is 4.57 Å². The van der Waals surface area contributed by atoms with Gasteiger partial charge in [0.2, 0.25) is 0 Å². The van der Waals surface area contributed by atoms with E-state index in [1.807, 2.05) is 30.3 Å². The van der Waals surface area contributed by atoms with Crippen molar-refractivity contribution in [3.05, 3.63) is 94.0 Å². The Morgan fingerprint density at radius 2 is 1.94 bits per heavy atom. The van der Waals surface area contributed by atoms with Crippen LogP contribution in [0.25, 0.3) is 6.08 Å². The molecule has 0 saturated heterocycles. The molecule has 2 aromatic carbocycles. The van der Waals surface area contributed by atoms with Gasteiger partial charge in [0.05, 0.1) is 35.1 Å². The van der Waals surface area contributed by atoms with E-state index in [2.05, 4.69) is 20.9 Å². The molecule has 6 nitrogen and oxygen atoms in total. The molecule has 176 valence electrons. The molecule has 4 rings (SSSR count). The number of allylic oxidation sites excluding steroid dienone is 1. The lowest BCUT2D eigenvalue weighted by Crippen LogP contribution is -2.40. The van der Waals surface area contributed by atoms with Crippen LogP contribution < -0.4 is 19.6 Å². The van der Waals surface area contributed by atoms with Crippen LogP contribution in [0.2, 0.25) is 5.02 Å². The third-order valence-corrected chi connectivity index (χ3v) is 6.98. The molecule has 0 N–H and O–H groups in total. The number of benzene rings is 2. The summed E-state index contributed by atoms with van der Waals surface area (Å²) in [6, 6.07) is 12.0. The molecule has 9 heteroatoms. The summed E-state index contributed by atoms with van der Waals surface area (Å²) < 4.78 is 13.9. The summed E-state index contributed by atoms with van der Waals surface area (Å²) in [5.74, 6) is 0.139. The number of fused-ring (bicyclic) bond motifs is 1. The SMILES string of the molecule is COc1ccc(Br)cc1C=c1sc2n(c1=O)C(c1ccc(Cl)cc1)C(C(=O)OC(C)C)=C(C)N=2. The smallest absolute Gasteiger partial charge is 0.338 e. The van der Waals surface area contributed by atoms with E-state index in [0.717, 1.165) is 15.6 Å². The molecule has 1 aliphatic rings. The molecule has 0 radical (unpaired) electrons. The molecular formula is C25H22BrClN2O4S. The van der Waals surface area contributed by atoms with E-state index in [0.29, 0.717) is 31.4 Å². The van der Waals surface area contributed by atoms with E-state index in [-0.39, 0.29) is 11.7 Å². The average Bonchev–Trinajstić information content (AvgIpc) is 3.07. The van der Waals surface area contributed by atoms with Crippen LogP contribution in [-0.4, -0.2) is 23.8 Å². The zero-order valence-electron chi connectivity index (χ0n) is 19.0. The monoisotopic (exact) mass is 560 g/mol. The average molecular weight is 562 g/mol. The van der Waals surface area contributed by atoms with Crippen molar-refractivity contribution in [2.45, 2.75) is 32.9 Å². The second-order valence-electron chi connectivity index (χ2n) is 7.97. The number of rotatable bonds is 5. The Bertz CT molecular complexity index is 1470.